The van der Waals surface area contributed by atoms with Crippen LogP contribution in [0.3, 0.4) is 0 Å². The van der Waals surface area contributed by atoms with Gasteiger partial charge in [-0.2, -0.15) is 0 Å². The number of nitrogens with one attached hydrogen (secondary N) is 2. The molecule has 0 aliphatic heterocycles. The van der Waals surface area contributed by atoms with Gasteiger partial charge < -0.3 is 16.5 Å². The maximum atomic E-state index is 11.1. The third-order valence-corrected chi connectivity index (χ3v) is 2.38. The van der Waals surface area contributed by atoms with Gasteiger partial charge in [-0.05, 0) is 30.7 Å². The first-order valence-corrected chi connectivity index (χ1v) is 5.41. The summed E-state index contributed by atoms with van der Waals surface area (Å²) in [6, 6.07) is 5.42. The lowest BCUT2D eigenvalue weighted by Gasteiger charge is -2.24. The minimum Gasteiger partial charge on any atom is -0.398 e. The third kappa shape index (κ3) is 3.55. The van der Waals surface area contributed by atoms with Gasteiger partial charge in [0.1, 0.15) is 0 Å². The number of nitrogens with two attached hydrogens (primary N) is 1. The van der Waals surface area contributed by atoms with Crippen molar-refractivity contribution in [3.63, 3.8) is 0 Å². The van der Waals surface area contributed by atoms with Crippen molar-refractivity contribution in [2.24, 2.45) is 0 Å². The van der Waals surface area contributed by atoms with Gasteiger partial charge in [-0.25, -0.2) is 0 Å². The van der Waals surface area contributed by atoms with Gasteiger partial charge in [0.25, 0.3) is 0 Å². The zero-order valence-electron chi connectivity index (χ0n) is 10.4. The van der Waals surface area contributed by atoms with E-state index in [2.05, 4.69) is 5.32 Å². The van der Waals surface area contributed by atoms with E-state index in [4.69, 9.17) is 11.1 Å². The normalized spacial score (nSPS) is 11.0. The highest BCUT2D eigenvalue weighted by atomic mass is 16.3. The molecule has 4 N–H and O–H groups in total. The lowest BCUT2D eigenvalue weighted by atomic mass is 10.0. The predicted octanol–water partition coefficient (Wildman–Crippen LogP) is 1.87. The van der Waals surface area contributed by atoms with Crippen molar-refractivity contribution < 1.29 is 4.76 Å². The lowest BCUT2D eigenvalue weighted by molar-refractivity contribution is -0.525. The monoisotopic (exact) mass is 235 g/mol. The first kappa shape index (κ1) is 13.2. The van der Waals surface area contributed by atoms with E-state index in [0.29, 0.717) is 17.8 Å². The Morgan fingerprint density at radius 2 is 2.18 bits per heavy atom. The van der Waals surface area contributed by atoms with E-state index >= 15 is 0 Å². The summed E-state index contributed by atoms with van der Waals surface area (Å²) < 4.78 is 0.878. The Bertz CT molecular complexity index is 440. The molecule has 1 aromatic rings. The Morgan fingerprint density at radius 3 is 2.71 bits per heavy atom. The van der Waals surface area contributed by atoms with E-state index < -0.39 is 0 Å². The van der Waals surface area contributed by atoms with E-state index in [1.807, 2.05) is 26.0 Å². The molecule has 0 saturated carbocycles. The van der Waals surface area contributed by atoms with E-state index in [9.17, 15) is 4.91 Å². The molecule has 0 amide bonds. The third-order valence-electron chi connectivity index (χ3n) is 2.38. The molecule has 0 aliphatic carbocycles. The van der Waals surface area contributed by atoms with E-state index in [-0.39, 0.29) is 5.54 Å². The number of hydrogen-bond acceptors (Lipinski definition) is 4. The van der Waals surface area contributed by atoms with Gasteiger partial charge in [0, 0.05) is 28.1 Å². The van der Waals surface area contributed by atoms with Gasteiger partial charge in [0.2, 0.25) is 6.54 Å². The van der Waals surface area contributed by atoms with Crippen molar-refractivity contribution in [2.45, 2.75) is 19.4 Å². The molecule has 92 valence electrons. The molecule has 1 aromatic carbocycles. The number of nitroso groups, excluding NO2 is 1. The number of anilines is 2. The summed E-state index contributed by atoms with van der Waals surface area (Å²) >= 11 is 0. The standard InChI is InChI=1S/C12H19N4O/c1-12(2,8-16(3)17)15-11-6-4-5-10(14)9(11)7-13/h4-7,13,15H,8,14H2,1-3H3/q+1. The molecule has 0 aromatic heterocycles. The summed E-state index contributed by atoms with van der Waals surface area (Å²) in [5, 5.41) is 10.6. The maximum Gasteiger partial charge on any atom is 0.213 e. The van der Waals surface area contributed by atoms with Gasteiger partial charge in [0.05, 0.1) is 5.54 Å². The average molecular weight is 235 g/mol. The van der Waals surface area contributed by atoms with Gasteiger partial charge >= 0.3 is 0 Å². The molecule has 5 heteroatoms. The zero-order chi connectivity index (χ0) is 13.1. The van der Waals surface area contributed by atoms with Crippen molar-refractivity contribution in [2.75, 3.05) is 24.6 Å². The van der Waals surface area contributed by atoms with Crippen molar-refractivity contribution >= 4 is 17.6 Å². The van der Waals surface area contributed by atoms with Crippen LogP contribution in [-0.4, -0.2) is 30.1 Å². The van der Waals surface area contributed by atoms with Crippen LogP contribution in [0.1, 0.15) is 19.4 Å². The van der Waals surface area contributed by atoms with Crippen LogP contribution in [0.2, 0.25) is 0 Å². The molecule has 0 unspecified atom stereocenters. The molecular formula is C12H19N4O+. The fourth-order valence-electron chi connectivity index (χ4n) is 1.81. The Kier molecular flexibility index (Phi) is 3.83. The molecule has 0 heterocycles. The summed E-state index contributed by atoms with van der Waals surface area (Å²) in [5.41, 5.74) is 7.37. The van der Waals surface area contributed by atoms with E-state index in [1.165, 1.54) is 13.3 Å². The highest BCUT2D eigenvalue weighted by Crippen LogP contribution is 2.23. The molecule has 0 bridgehead atoms. The van der Waals surface area contributed by atoms with Crippen molar-refractivity contribution in [3.8, 4) is 0 Å². The first-order chi connectivity index (χ1) is 7.85. The average Bonchev–Trinajstić information content (AvgIpc) is 2.14. The lowest BCUT2D eigenvalue weighted by Crippen LogP contribution is -2.39. The van der Waals surface area contributed by atoms with Crippen LogP contribution in [0.25, 0.3) is 0 Å². The number of nitrogen functional groups attached to an aromatic ring is 1. The quantitative estimate of drug-likeness (QED) is 0.414. The topological polar surface area (TPSA) is 82.0 Å². The number of likely N-dealkylation sites (N-methyl/N-ethyl adjacent to an activating group) is 1. The maximum absolute atomic E-state index is 11.1. The molecule has 0 fully saturated rings. The summed E-state index contributed by atoms with van der Waals surface area (Å²) in [4.78, 5) is 11.1. The van der Waals surface area contributed by atoms with Crippen LogP contribution >= 0.6 is 0 Å². The van der Waals surface area contributed by atoms with Gasteiger partial charge in [-0.3, -0.25) is 0 Å². The molecule has 17 heavy (non-hydrogen) atoms. The summed E-state index contributed by atoms with van der Waals surface area (Å²) in [6.45, 7) is 4.20. The minimum absolute atomic E-state index is 0.346. The van der Waals surface area contributed by atoms with Crippen LogP contribution in [0, 0.1) is 10.3 Å². The molecular weight excluding hydrogens is 216 g/mol. The number of rotatable bonds is 5. The molecule has 0 atom stereocenters. The van der Waals surface area contributed by atoms with Gasteiger partial charge in [-0.1, -0.05) is 6.07 Å². The van der Waals surface area contributed by atoms with Crippen LogP contribution < -0.4 is 11.1 Å². The Morgan fingerprint density at radius 1 is 1.53 bits per heavy atom. The molecule has 0 saturated heterocycles. The fraction of sp³-hybridized carbons (Fsp3) is 0.417. The Hall–Kier alpha value is -1.91. The smallest absolute Gasteiger partial charge is 0.213 e. The molecule has 0 spiro atoms. The number of hydrogen-bond donors (Lipinski definition) is 3. The molecule has 0 aliphatic rings. The zero-order valence-corrected chi connectivity index (χ0v) is 10.4. The summed E-state index contributed by atoms with van der Waals surface area (Å²) in [6.07, 6.45) is 1.22. The number of nitrogens with zero attached hydrogens (tertiary/aromatic N) is 1. The minimum atomic E-state index is -0.387. The van der Waals surface area contributed by atoms with E-state index in [0.717, 1.165) is 10.4 Å². The first-order valence-electron chi connectivity index (χ1n) is 5.41. The number of benzene rings is 1. The molecule has 5 nitrogen and oxygen atoms in total. The Balaban J connectivity index is 2.98. The SMILES string of the molecule is C[N+](=O)CC(C)(C)Nc1cccc(N)c1C=N. The van der Waals surface area contributed by atoms with Crippen LogP contribution in [-0.2, 0) is 0 Å². The highest BCUT2D eigenvalue weighted by molar-refractivity contribution is 5.92. The largest absolute Gasteiger partial charge is 0.398 e. The van der Waals surface area contributed by atoms with Crippen LogP contribution in [0.5, 0.6) is 0 Å². The second-order valence-electron chi connectivity index (χ2n) is 4.75. The van der Waals surface area contributed by atoms with Crippen LogP contribution in [0.15, 0.2) is 18.2 Å². The van der Waals surface area contributed by atoms with E-state index in [1.54, 1.807) is 6.07 Å². The van der Waals surface area contributed by atoms with Crippen molar-refractivity contribution in [3.05, 3.63) is 28.7 Å². The second-order valence-corrected chi connectivity index (χ2v) is 4.75. The van der Waals surface area contributed by atoms with Crippen LogP contribution in [0.4, 0.5) is 11.4 Å². The van der Waals surface area contributed by atoms with Crippen molar-refractivity contribution in [1.29, 1.82) is 5.41 Å². The van der Waals surface area contributed by atoms with Gasteiger partial charge in [-0.15, -0.1) is 0 Å². The Labute approximate surface area is 101 Å². The van der Waals surface area contributed by atoms with Gasteiger partial charge in [0.15, 0.2) is 7.05 Å². The highest BCUT2D eigenvalue weighted by Gasteiger charge is 2.25. The second kappa shape index (κ2) is 4.95. The molecule has 0 radical (unpaired) electrons. The predicted molar refractivity (Wildman–Crippen MR) is 70.9 cm³/mol. The summed E-state index contributed by atoms with van der Waals surface area (Å²) in [5.74, 6) is 0. The molecule has 1 rings (SSSR count). The summed E-state index contributed by atoms with van der Waals surface area (Å²) in [7, 11) is 1.49. The van der Waals surface area contributed by atoms with Crippen molar-refractivity contribution in [1.82, 2.24) is 0 Å². The fourth-order valence-corrected chi connectivity index (χ4v) is 1.81.